The molecule has 0 radical (unpaired) electrons. The second-order valence-corrected chi connectivity index (χ2v) is 23.5. The predicted molar refractivity (Wildman–Crippen MR) is 326 cm³/mol. The summed E-state index contributed by atoms with van der Waals surface area (Å²) in [6.07, 6.45) is 76.6. The van der Waals surface area contributed by atoms with Gasteiger partial charge in [0.25, 0.3) is 0 Å². The average Bonchev–Trinajstić information content (AvgIpc) is 3.41. The number of esters is 3. The van der Waals surface area contributed by atoms with Crippen molar-refractivity contribution in [2.75, 3.05) is 13.2 Å². The molecule has 0 spiro atoms. The standard InChI is InChI=1S/C69H132O6/c1-4-7-10-13-16-19-22-25-28-30-32-33-34-35-37-38-41-44-47-50-53-56-59-62-68(71)74-65-66(64-73-67(70)61-58-55-52-49-46-43-40-27-24-21-18-15-12-9-6-3)75-69(72)63-60-57-54-51-48-45-42-39-36-31-29-26-23-20-17-14-11-8-5-2/h27,40,66H,4-26,28-39,41-65H2,1-3H3/b40-27-. The van der Waals surface area contributed by atoms with Crippen LogP contribution in [0.1, 0.15) is 393 Å². The molecule has 0 amide bonds. The Labute approximate surface area is 469 Å². The molecule has 0 aliphatic rings. The summed E-state index contributed by atoms with van der Waals surface area (Å²) in [6.45, 7) is 6.72. The maximum absolute atomic E-state index is 12.9. The first-order valence-electron chi connectivity index (χ1n) is 34.2. The van der Waals surface area contributed by atoms with Gasteiger partial charge in [-0.05, 0) is 44.9 Å². The van der Waals surface area contributed by atoms with Crippen LogP contribution in [0, 0.1) is 0 Å². The van der Waals surface area contributed by atoms with Gasteiger partial charge in [-0.2, -0.15) is 0 Å². The molecule has 1 atom stereocenters. The number of rotatable bonds is 64. The fourth-order valence-corrected chi connectivity index (χ4v) is 10.6. The lowest BCUT2D eigenvalue weighted by Gasteiger charge is -2.18. The number of carbonyl (C=O) groups excluding carboxylic acids is 3. The van der Waals surface area contributed by atoms with Crippen molar-refractivity contribution in [3.8, 4) is 0 Å². The molecule has 0 aromatic rings. The monoisotopic (exact) mass is 1060 g/mol. The van der Waals surface area contributed by atoms with E-state index in [9.17, 15) is 14.4 Å². The van der Waals surface area contributed by atoms with Crippen LogP contribution in [-0.2, 0) is 28.6 Å². The molecule has 6 heteroatoms. The summed E-state index contributed by atoms with van der Waals surface area (Å²) < 4.78 is 17.0. The van der Waals surface area contributed by atoms with E-state index in [-0.39, 0.29) is 31.1 Å². The topological polar surface area (TPSA) is 78.9 Å². The molecule has 0 heterocycles. The Morgan fingerprint density at radius 1 is 0.253 bits per heavy atom. The number of unbranched alkanes of at least 4 members (excludes halogenated alkanes) is 51. The zero-order chi connectivity index (χ0) is 54.3. The lowest BCUT2D eigenvalue weighted by molar-refractivity contribution is -0.167. The number of allylic oxidation sites excluding steroid dienone is 2. The van der Waals surface area contributed by atoms with Crippen LogP contribution in [0.4, 0.5) is 0 Å². The lowest BCUT2D eigenvalue weighted by atomic mass is 10.0. The van der Waals surface area contributed by atoms with E-state index in [1.807, 2.05) is 0 Å². The highest BCUT2D eigenvalue weighted by molar-refractivity contribution is 5.71. The Bertz CT molecular complexity index is 1170. The average molecular weight is 1060 g/mol. The summed E-state index contributed by atoms with van der Waals surface area (Å²) in [5.41, 5.74) is 0. The third kappa shape index (κ3) is 62.9. The SMILES string of the molecule is CCCCCCCC/C=C\CCCCCCCC(=O)OCC(COC(=O)CCCCCCCCCCCCCCCCCCCCCCCCC)OC(=O)CCCCCCCCCCCCCCCCCCCCC. The Balaban J connectivity index is 4.26. The molecule has 0 aromatic heterocycles. The first kappa shape index (κ1) is 73.2. The Morgan fingerprint density at radius 2 is 0.440 bits per heavy atom. The van der Waals surface area contributed by atoms with Gasteiger partial charge in [0.15, 0.2) is 6.10 Å². The van der Waals surface area contributed by atoms with Crippen LogP contribution >= 0.6 is 0 Å². The number of hydrogen-bond acceptors (Lipinski definition) is 6. The van der Waals surface area contributed by atoms with Gasteiger partial charge in [-0.3, -0.25) is 14.4 Å². The maximum Gasteiger partial charge on any atom is 0.306 e. The van der Waals surface area contributed by atoms with Crippen molar-refractivity contribution < 1.29 is 28.6 Å². The van der Waals surface area contributed by atoms with Crippen LogP contribution in [0.5, 0.6) is 0 Å². The van der Waals surface area contributed by atoms with Crippen molar-refractivity contribution in [2.45, 2.75) is 399 Å². The first-order valence-corrected chi connectivity index (χ1v) is 34.2. The third-order valence-corrected chi connectivity index (χ3v) is 15.8. The van der Waals surface area contributed by atoms with Crippen molar-refractivity contribution in [1.82, 2.24) is 0 Å². The van der Waals surface area contributed by atoms with Crippen LogP contribution in [0.15, 0.2) is 12.2 Å². The van der Waals surface area contributed by atoms with Crippen LogP contribution in [0.3, 0.4) is 0 Å². The largest absolute Gasteiger partial charge is 0.462 e. The fraction of sp³-hybridized carbons (Fsp3) is 0.928. The van der Waals surface area contributed by atoms with E-state index in [2.05, 4.69) is 32.9 Å². The number of ether oxygens (including phenoxy) is 3. The number of carbonyl (C=O) groups is 3. The van der Waals surface area contributed by atoms with E-state index in [4.69, 9.17) is 14.2 Å². The zero-order valence-corrected chi connectivity index (χ0v) is 51.1. The fourth-order valence-electron chi connectivity index (χ4n) is 10.6. The van der Waals surface area contributed by atoms with Crippen LogP contribution in [-0.4, -0.2) is 37.2 Å². The Kier molecular flexibility index (Phi) is 63.1. The smallest absolute Gasteiger partial charge is 0.306 e. The second-order valence-electron chi connectivity index (χ2n) is 23.5. The molecule has 75 heavy (non-hydrogen) atoms. The zero-order valence-electron chi connectivity index (χ0n) is 51.1. The highest BCUT2D eigenvalue weighted by atomic mass is 16.6. The summed E-state index contributed by atoms with van der Waals surface area (Å²) >= 11 is 0. The summed E-state index contributed by atoms with van der Waals surface area (Å²) in [7, 11) is 0. The highest BCUT2D eigenvalue weighted by Crippen LogP contribution is 2.19. The van der Waals surface area contributed by atoms with Crippen LogP contribution < -0.4 is 0 Å². The van der Waals surface area contributed by atoms with Crippen LogP contribution in [0.25, 0.3) is 0 Å². The summed E-state index contributed by atoms with van der Waals surface area (Å²) in [6, 6.07) is 0. The first-order chi connectivity index (χ1) is 37.0. The van der Waals surface area contributed by atoms with Gasteiger partial charge in [-0.25, -0.2) is 0 Å². The molecule has 0 saturated heterocycles. The minimum Gasteiger partial charge on any atom is -0.462 e. The summed E-state index contributed by atoms with van der Waals surface area (Å²) in [5.74, 6) is -0.840. The molecule has 1 unspecified atom stereocenters. The van der Waals surface area contributed by atoms with E-state index >= 15 is 0 Å². The molecule has 6 nitrogen and oxygen atoms in total. The molecule has 444 valence electrons. The molecular weight excluding hydrogens is 925 g/mol. The van der Waals surface area contributed by atoms with Gasteiger partial charge < -0.3 is 14.2 Å². The van der Waals surface area contributed by atoms with Crippen molar-refractivity contribution in [3.63, 3.8) is 0 Å². The molecule has 0 bridgehead atoms. The third-order valence-electron chi connectivity index (χ3n) is 15.8. The minimum atomic E-state index is -0.769. The van der Waals surface area contributed by atoms with Crippen molar-refractivity contribution in [3.05, 3.63) is 12.2 Å². The van der Waals surface area contributed by atoms with E-state index in [1.165, 1.54) is 289 Å². The predicted octanol–water partition coefficient (Wildman–Crippen LogP) is 23.2. The van der Waals surface area contributed by atoms with E-state index in [0.29, 0.717) is 19.3 Å². The van der Waals surface area contributed by atoms with E-state index < -0.39 is 6.10 Å². The van der Waals surface area contributed by atoms with Gasteiger partial charge in [0.1, 0.15) is 13.2 Å². The summed E-state index contributed by atoms with van der Waals surface area (Å²) in [4.78, 5) is 38.4. The molecule has 0 saturated carbocycles. The Hall–Kier alpha value is -1.85. The quantitative estimate of drug-likeness (QED) is 0.0261. The lowest BCUT2D eigenvalue weighted by Crippen LogP contribution is -2.30. The van der Waals surface area contributed by atoms with Gasteiger partial charge in [0, 0.05) is 19.3 Å². The summed E-state index contributed by atoms with van der Waals surface area (Å²) in [5, 5.41) is 0. The maximum atomic E-state index is 12.9. The van der Waals surface area contributed by atoms with Crippen molar-refractivity contribution >= 4 is 17.9 Å². The van der Waals surface area contributed by atoms with E-state index in [0.717, 1.165) is 64.2 Å². The van der Waals surface area contributed by atoms with Gasteiger partial charge >= 0.3 is 17.9 Å². The van der Waals surface area contributed by atoms with Gasteiger partial charge in [-0.1, -0.05) is 341 Å². The van der Waals surface area contributed by atoms with Crippen molar-refractivity contribution in [1.29, 1.82) is 0 Å². The van der Waals surface area contributed by atoms with Gasteiger partial charge in [0.05, 0.1) is 0 Å². The molecule has 0 N–H and O–H groups in total. The normalized spacial score (nSPS) is 12.0. The van der Waals surface area contributed by atoms with Gasteiger partial charge in [-0.15, -0.1) is 0 Å². The molecular formula is C69H132O6. The van der Waals surface area contributed by atoms with Gasteiger partial charge in [0.2, 0.25) is 0 Å². The molecule has 0 aliphatic carbocycles. The molecule has 0 fully saturated rings. The highest BCUT2D eigenvalue weighted by Gasteiger charge is 2.19. The van der Waals surface area contributed by atoms with Crippen molar-refractivity contribution in [2.24, 2.45) is 0 Å². The Morgan fingerprint density at radius 3 is 0.667 bits per heavy atom. The van der Waals surface area contributed by atoms with E-state index in [1.54, 1.807) is 0 Å². The molecule has 0 aromatic carbocycles. The van der Waals surface area contributed by atoms with Crippen LogP contribution in [0.2, 0.25) is 0 Å². The number of hydrogen-bond donors (Lipinski definition) is 0. The molecule has 0 rings (SSSR count). The second kappa shape index (κ2) is 64.7. The molecule has 0 aliphatic heterocycles. The minimum absolute atomic E-state index is 0.0657.